The largest absolute Gasteiger partial charge is 0.412 e. The summed E-state index contributed by atoms with van der Waals surface area (Å²) in [5, 5.41) is 18.6. The number of nitrogen functional groups attached to an aromatic ring is 1. The number of H-pyrrole nitrogens is 1. The van der Waals surface area contributed by atoms with Gasteiger partial charge in [-0.05, 0) is 0 Å². The monoisotopic (exact) mass is 303 g/mol. The number of nitrogens with one attached hydrogen (secondary N) is 1. The van der Waals surface area contributed by atoms with Gasteiger partial charge in [-0.1, -0.05) is 0 Å². The molecule has 4 atom stereocenters. The highest BCUT2D eigenvalue weighted by molar-refractivity contribution is 5.70. The van der Waals surface area contributed by atoms with Crippen LogP contribution in [0.25, 0.3) is 11.2 Å². The highest BCUT2D eigenvalue weighted by atomic mass is 19.1. The van der Waals surface area contributed by atoms with Crippen LogP contribution >= 0.6 is 0 Å². The van der Waals surface area contributed by atoms with Crippen LogP contribution in [0.1, 0.15) is 6.23 Å². The van der Waals surface area contributed by atoms with Gasteiger partial charge in [-0.25, -0.2) is 9.37 Å². The van der Waals surface area contributed by atoms with Crippen molar-refractivity contribution in [1.29, 1.82) is 0 Å². The normalized spacial score (nSPS) is 28.7. The molecule has 1 fully saturated rings. The van der Waals surface area contributed by atoms with E-state index in [0.717, 1.165) is 0 Å². The zero-order valence-corrected chi connectivity index (χ0v) is 10.6. The van der Waals surface area contributed by atoms with E-state index in [2.05, 4.69) is 15.0 Å². The van der Waals surface area contributed by atoms with E-state index in [1.165, 1.54) is 10.9 Å². The van der Waals surface area contributed by atoms with Gasteiger partial charge in [-0.15, -0.1) is 0 Å². The third-order valence-corrected chi connectivity index (χ3v) is 3.20. The summed E-state index contributed by atoms with van der Waals surface area (Å²) in [6.45, 7) is -0.527. The molecule has 0 aliphatic carbocycles. The first-order chi connectivity index (χ1) is 9.52. The number of fused-ring (bicyclic) bond motifs is 1. The number of aromatic nitrogens is 4. The highest BCUT2D eigenvalue weighted by Crippen LogP contribution is 2.32. The zero-order valence-electron chi connectivity index (χ0n) is 10.6. The van der Waals surface area contributed by atoms with Gasteiger partial charge in [0.15, 0.2) is 23.6 Å². The molecular formula is C10H14FN5O5. The van der Waals surface area contributed by atoms with E-state index in [0.29, 0.717) is 0 Å². The van der Waals surface area contributed by atoms with Crippen LogP contribution in [0.3, 0.4) is 0 Å². The summed E-state index contributed by atoms with van der Waals surface area (Å²) in [7, 11) is 0. The van der Waals surface area contributed by atoms with Gasteiger partial charge in [0, 0.05) is 0 Å². The first-order valence-electron chi connectivity index (χ1n) is 5.83. The minimum Gasteiger partial charge on any atom is -0.412 e. The molecule has 0 saturated carbocycles. The first kappa shape index (κ1) is 15.3. The number of nitrogens with two attached hydrogens (primary N) is 1. The second-order valence-electron chi connectivity index (χ2n) is 4.46. The second-order valence-corrected chi connectivity index (χ2v) is 4.46. The predicted molar refractivity (Wildman–Crippen MR) is 68.1 cm³/mol. The molecule has 11 heteroatoms. The molecule has 3 heterocycles. The molecule has 21 heavy (non-hydrogen) atoms. The van der Waals surface area contributed by atoms with Gasteiger partial charge in [-0.2, -0.15) is 4.98 Å². The summed E-state index contributed by atoms with van der Waals surface area (Å²) in [5.74, 6) is -0.142. The highest BCUT2D eigenvalue weighted by Gasteiger charge is 2.45. The Morgan fingerprint density at radius 1 is 1.57 bits per heavy atom. The lowest BCUT2D eigenvalue weighted by Crippen LogP contribution is -2.30. The molecule has 0 unspecified atom stereocenters. The first-order valence-corrected chi connectivity index (χ1v) is 5.83. The van der Waals surface area contributed by atoms with Crippen molar-refractivity contribution in [1.82, 2.24) is 19.5 Å². The molecule has 0 bridgehead atoms. The number of nitrogens with zero attached hydrogens (tertiary/aromatic N) is 3. The number of aliphatic hydroxyl groups excluding tert-OH is 2. The van der Waals surface area contributed by atoms with Crippen LogP contribution in [0.5, 0.6) is 0 Å². The fourth-order valence-corrected chi connectivity index (χ4v) is 2.21. The van der Waals surface area contributed by atoms with E-state index >= 15 is 0 Å². The number of anilines is 1. The molecule has 2 aromatic rings. The smallest absolute Gasteiger partial charge is 0.280 e. The maximum Gasteiger partial charge on any atom is 0.280 e. The van der Waals surface area contributed by atoms with Gasteiger partial charge in [-0.3, -0.25) is 14.3 Å². The molecule has 1 aliphatic heterocycles. The van der Waals surface area contributed by atoms with Gasteiger partial charge in [0.25, 0.3) is 5.56 Å². The predicted octanol–water partition coefficient (Wildman–Crippen LogP) is -2.53. The Morgan fingerprint density at radius 3 is 2.90 bits per heavy atom. The van der Waals surface area contributed by atoms with Crippen LogP contribution < -0.4 is 11.3 Å². The third kappa shape index (κ3) is 2.25. The second kappa shape index (κ2) is 5.37. The maximum absolute atomic E-state index is 14.0. The van der Waals surface area contributed by atoms with Crippen LogP contribution in [0.2, 0.25) is 0 Å². The van der Waals surface area contributed by atoms with E-state index in [1.54, 1.807) is 0 Å². The van der Waals surface area contributed by atoms with Crippen LogP contribution in [-0.4, -0.2) is 60.2 Å². The molecule has 0 spiro atoms. The van der Waals surface area contributed by atoms with Crippen molar-refractivity contribution < 1.29 is 24.8 Å². The summed E-state index contributed by atoms with van der Waals surface area (Å²) < 4.78 is 20.4. The Morgan fingerprint density at radius 2 is 2.29 bits per heavy atom. The number of aromatic amines is 1. The summed E-state index contributed by atoms with van der Waals surface area (Å²) in [4.78, 5) is 21.6. The Labute approximate surface area is 116 Å². The zero-order chi connectivity index (χ0) is 14.4. The average molecular weight is 303 g/mol. The number of alkyl halides is 1. The van der Waals surface area contributed by atoms with Crippen LogP contribution in [0, 0.1) is 0 Å². The number of hydrogen-bond donors (Lipinski definition) is 4. The van der Waals surface area contributed by atoms with Crippen molar-refractivity contribution >= 4 is 17.1 Å². The van der Waals surface area contributed by atoms with Crippen LogP contribution in [0.15, 0.2) is 11.1 Å². The minimum absolute atomic E-state index is 0. The van der Waals surface area contributed by atoms with Crippen molar-refractivity contribution in [2.24, 2.45) is 0 Å². The number of rotatable bonds is 2. The van der Waals surface area contributed by atoms with Gasteiger partial charge in [0.05, 0.1) is 12.9 Å². The van der Waals surface area contributed by atoms with E-state index < -0.39 is 36.8 Å². The van der Waals surface area contributed by atoms with Gasteiger partial charge < -0.3 is 26.2 Å². The maximum atomic E-state index is 14.0. The molecule has 3 rings (SSSR count). The number of aliphatic hydroxyl groups is 2. The Bertz CT molecular complexity index is 703. The van der Waals surface area contributed by atoms with Crippen molar-refractivity contribution in [2.45, 2.75) is 24.6 Å². The van der Waals surface area contributed by atoms with Crippen LogP contribution in [-0.2, 0) is 4.74 Å². The van der Waals surface area contributed by atoms with E-state index in [4.69, 9.17) is 15.6 Å². The Balaban J connectivity index is 0.00000161. The molecule has 1 aliphatic rings. The molecule has 0 aromatic carbocycles. The molecular weight excluding hydrogens is 289 g/mol. The van der Waals surface area contributed by atoms with Crippen molar-refractivity contribution in [3.8, 4) is 0 Å². The lowest BCUT2D eigenvalue weighted by Gasteiger charge is -2.14. The quantitative estimate of drug-likeness (QED) is 0.473. The molecule has 0 radical (unpaired) electrons. The van der Waals surface area contributed by atoms with Gasteiger partial charge in [0.2, 0.25) is 5.95 Å². The summed E-state index contributed by atoms with van der Waals surface area (Å²) in [5.41, 5.74) is 4.91. The fraction of sp³-hybridized carbons (Fsp3) is 0.500. The molecule has 116 valence electrons. The van der Waals surface area contributed by atoms with Crippen molar-refractivity contribution in [3.63, 3.8) is 0 Å². The van der Waals surface area contributed by atoms with Gasteiger partial charge in [0.1, 0.15) is 12.2 Å². The molecule has 10 nitrogen and oxygen atoms in total. The molecule has 2 aromatic heterocycles. The molecule has 7 N–H and O–H groups in total. The lowest BCUT2D eigenvalue weighted by atomic mass is 10.1. The Hall–Kier alpha value is -2.08. The third-order valence-electron chi connectivity index (χ3n) is 3.20. The van der Waals surface area contributed by atoms with Gasteiger partial charge >= 0.3 is 0 Å². The summed E-state index contributed by atoms with van der Waals surface area (Å²) >= 11 is 0. The van der Waals surface area contributed by atoms with Crippen LogP contribution in [0.4, 0.5) is 10.3 Å². The number of imidazole rings is 1. The van der Waals surface area contributed by atoms with E-state index in [1.807, 2.05) is 0 Å². The average Bonchev–Trinajstić information content (AvgIpc) is 2.93. The molecule has 0 amide bonds. The van der Waals surface area contributed by atoms with Crippen molar-refractivity contribution in [3.05, 3.63) is 16.7 Å². The van der Waals surface area contributed by atoms with Crippen molar-refractivity contribution in [2.75, 3.05) is 12.3 Å². The standard InChI is InChI=1S/C10H12FN5O4.H2O/c11-4-6(18)3(1-17)20-9(4)16-2-13-5-7(16)14-10(12)15-8(5)19;/h2-4,6,9,17-18H,1H2,(H3,12,14,15,19);1H2/t3-,4-,6-,9-;/m1./s1. The van der Waals surface area contributed by atoms with E-state index in [9.17, 15) is 14.3 Å². The number of hydrogen-bond acceptors (Lipinski definition) is 7. The number of ether oxygens (including phenoxy) is 1. The van der Waals surface area contributed by atoms with E-state index in [-0.39, 0.29) is 22.6 Å². The molecule has 1 saturated heterocycles. The fourth-order valence-electron chi connectivity index (χ4n) is 2.21. The number of halogens is 1. The lowest BCUT2D eigenvalue weighted by molar-refractivity contribution is -0.0459. The topological polar surface area (TPSA) is 171 Å². The SMILES string of the molecule is Nc1nc2c(ncn2[C@@H]2O[C@H](CO)[C@@H](O)[C@H]2F)c(=O)[nH]1.O. The Kier molecular flexibility index (Phi) is 3.91. The summed E-state index contributed by atoms with van der Waals surface area (Å²) in [6.07, 6.45) is -4.36. The summed E-state index contributed by atoms with van der Waals surface area (Å²) in [6, 6.07) is 0. The minimum atomic E-state index is -1.79.